The molecule has 1 fully saturated rings. The number of nitrogen functional groups attached to an aromatic ring is 1. The van der Waals surface area contributed by atoms with Crippen molar-refractivity contribution in [3.8, 4) is 5.69 Å². The maximum atomic E-state index is 8.47. The first-order chi connectivity index (χ1) is 12.7. The van der Waals surface area contributed by atoms with Crippen LogP contribution in [0.3, 0.4) is 0 Å². The van der Waals surface area contributed by atoms with Crippen LogP contribution in [0, 0.1) is 5.41 Å². The Labute approximate surface area is 151 Å². The fourth-order valence-corrected chi connectivity index (χ4v) is 3.27. The molecular formula is C19H21N7. The Morgan fingerprint density at radius 2 is 2.08 bits per heavy atom. The third kappa shape index (κ3) is 3.21. The average molecular weight is 347 g/mol. The molecule has 0 amide bonds. The quantitative estimate of drug-likeness (QED) is 0.495. The number of aromatic nitrogens is 4. The summed E-state index contributed by atoms with van der Waals surface area (Å²) in [5.74, 6) is 0.404. The third-order valence-corrected chi connectivity index (χ3v) is 4.77. The van der Waals surface area contributed by atoms with Gasteiger partial charge in [-0.15, -0.1) is 5.10 Å². The van der Waals surface area contributed by atoms with E-state index in [1.807, 2.05) is 24.4 Å². The number of anilines is 1. The van der Waals surface area contributed by atoms with E-state index in [1.54, 1.807) is 29.2 Å². The lowest BCUT2D eigenvalue weighted by molar-refractivity contribution is 0.454. The fourth-order valence-electron chi connectivity index (χ4n) is 3.27. The number of nitrogens with two attached hydrogens (primary N) is 1. The molecule has 1 saturated heterocycles. The Morgan fingerprint density at radius 1 is 1.23 bits per heavy atom. The van der Waals surface area contributed by atoms with Crippen molar-refractivity contribution in [2.75, 3.05) is 18.8 Å². The van der Waals surface area contributed by atoms with E-state index in [-0.39, 0.29) is 0 Å². The zero-order valence-corrected chi connectivity index (χ0v) is 14.4. The Bertz CT molecular complexity index is 911. The minimum Gasteiger partial charge on any atom is -0.398 e. The van der Waals surface area contributed by atoms with Gasteiger partial charge >= 0.3 is 0 Å². The smallest absolute Gasteiger partial charge is 0.0875 e. The Hall–Kier alpha value is -3.06. The second-order valence-corrected chi connectivity index (χ2v) is 6.51. The highest BCUT2D eigenvalue weighted by Gasteiger charge is 2.19. The van der Waals surface area contributed by atoms with Gasteiger partial charge in [0.05, 0.1) is 23.3 Å². The van der Waals surface area contributed by atoms with Crippen LogP contribution in [0.5, 0.6) is 0 Å². The standard InChI is InChI=1S/C19H21N7/c20-17-4-3-15(10-16(17)19(21)13-5-8-22-9-6-13)26-12-18(24-25-26)14-2-1-7-23-11-14/h3-6,8-10,12,14,21,23H,1-2,7,11,20H2/t14-/m1/s1. The van der Waals surface area contributed by atoms with Crippen molar-refractivity contribution >= 4 is 11.4 Å². The first-order valence-electron chi connectivity index (χ1n) is 8.74. The van der Waals surface area contributed by atoms with Crippen molar-refractivity contribution in [3.05, 3.63) is 65.7 Å². The van der Waals surface area contributed by atoms with Crippen molar-refractivity contribution < 1.29 is 0 Å². The molecule has 7 heteroatoms. The number of benzene rings is 1. The topological polar surface area (TPSA) is 106 Å². The van der Waals surface area contributed by atoms with Crippen molar-refractivity contribution in [1.82, 2.24) is 25.3 Å². The predicted molar refractivity (Wildman–Crippen MR) is 101 cm³/mol. The van der Waals surface area contributed by atoms with Gasteiger partial charge in [-0.3, -0.25) is 10.4 Å². The minimum absolute atomic E-state index is 0.364. The lowest BCUT2D eigenvalue weighted by atomic mass is 9.97. The second kappa shape index (κ2) is 7.05. The van der Waals surface area contributed by atoms with Gasteiger partial charge in [-0.1, -0.05) is 5.21 Å². The molecule has 1 aliphatic rings. The number of hydrogen-bond acceptors (Lipinski definition) is 6. The molecule has 4 N–H and O–H groups in total. The lowest BCUT2D eigenvalue weighted by Crippen LogP contribution is -2.28. The van der Waals surface area contributed by atoms with Crippen molar-refractivity contribution in [3.63, 3.8) is 0 Å². The summed E-state index contributed by atoms with van der Waals surface area (Å²) in [4.78, 5) is 4.00. The summed E-state index contributed by atoms with van der Waals surface area (Å²) in [6.45, 7) is 2.02. The molecule has 1 aliphatic heterocycles. The van der Waals surface area contributed by atoms with Crippen LogP contribution in [0.25, 0.3) is 5.69 Å². The van der Waals surface area contributed by atoms with Gasteiger partial charge in [0.15, 0.2) is 0 Å². The van der Waals surface area contributed by atoms with E-state index in [1.165, 1.54) is 0 Å². The van der Waals surface area contributed by atoms with Crippen LogP contribution in [-0.2, 0) is 0 Å². The largest absolute Gasteiger partial charge is 0.398 e. The van der Waals surface area contributed by atoms with Gasteiger partial charge in [-0.25, -0.2) is 4.68 Å². The molecule has 132 valence electrons. The summed E-state index contributed by atoms with van der Waals surface area (Å²) in [6, 6.07) is 9.20. The van der Waals surface area contributed by atoms with Crippen molar-refractivity contribution in [1.29, 1.82) is 5.41 Å². The molecule has 0 unspecified atom stereocenters. The maximum Gasteiger partial charge on any atom is 0.0875 e. The predicted octanol–water partition coefficient (Wildman–Crippen LogP) is 2.13. The maximum absolute atomic E-state index is 8.47. The van der Waals surface area contributed by atoms with E-state index in [0.29, 0.717) is 22.9 Å². The molecule has 0 aliphatic carbocycles. The molecule has 0 spiro atoms. The number of rotatable bonds is 4. The highest BCUT2D eigenvalue weighted by Crippen LogP contribution is 2.23. The first kappa shape index (κ1) is 16.4. The van der Waals surface area contributed by atoms with Gasteiger partial charge < -0.3 is 11.1 Å². The van der Waals surface area contributed by atoms with Gasteiger partial charge in [0.2, 0.25) is 0 Å². The van der Waals surface area contributed by atoms with Gasteiger partial charge in [0, 0.05) is 41.7 Å². The summed E-state index contributed by atoms with van der Waals surface area (Å²) in [5, 5.41) is 20.5. The molecule has 1 atom stereocenters. The molecule has 3 aromatic rings. The summed E-state index contributed by atoms with van der Waals surface area (Å²) < 4.78 is 1.76. The summed E-state index contributed by atoms with van der Waals surface area (Å²) >= 11 is 0. The summed E-state index contributed by atoms with van der Waals surface area (Å²) in [5.41, 5.74) is 10.3. The van der Waals surface area contributed by atoms with Crippen LogP contribution in [0.15, 0.2) is 48.9 Å². The zero-order chi connectivity index (χ0) is 17.9. The monoisotopic (exact) mass is 347 g/mol. The Kier molecular flexibility index (Phi) is 4.45. The number of hydrogen-bond donors (Lipinski definition) is 3. The number of pyridine rings is 1. The highest BCUT2D eigenvalue weighted by molar-refractivity contribution is 6.14. The zero-order valence-electron chi connectivity index (χ0n) is 14.4. The van der Waals surface area contributed by atoms with E-state index in [0.717, 1.165) is 42.9 Å². The van der Waals surface area contributed by atoms with Crippen molar-refractivity contribution in [2.24, 2.45) is 0 Å². The molecule has 4 rings (SSSR count). The van der Waals surface area contributed by atoms with E-state index in [2.05, 4.69) is 20.6 Å². The summed E-state index contributed by atoms with van der Waals surface area (Å²) in [7, 11) is 0. The number of piperidine rings is 1. The number of nitrogens with zero attached hydrogens (tertiary/aromatic N) is 4. The molecule has 26 heavy (non-hydrogen) atoms. The third-order valence-electron chi connectivity index (χ3n) is 4.77. The molecule has 0 radical (unpaired) electrons. The molecular weight excluding hydrogens is 326 g/mol. The van der Waals surface area contributed by atoms with Gasteiger partial charge in [-0.2, -0.15) is 0 Å². The van der Waals surface area contributed by atoms with E-state index >= 15 is 0 Å². The van der Waals surface area contributed by atoms with Crippen LogP contribution >= 0.6 is 0 Å². The fraction of sp³-hybridized carbons (Fsp3) is 0.263. The van der Waals surface area contributed by atoms with Gasteiger partial charge in [0.1, 0.15) is 0 Å². The lowest BCUT2D eigenvalue weighted by Gasteiger charge is -2.20. The van der Waals surface area contributed by atoms with Crippen LogP contribution in [0.4, 0.5) is 5.69 Å². The van der Waals surface area contributed by atoms with E-state index in [9.17, 15) is 0 Å². The molecule has 7 nitrogen and oxygen atoms in total. The SMILES string of the molecule is N=C(c1ccncc1)c1cc(-n2cc([C@@H]3CCCNC3)nn2)ccc1N. The molecule has 3 heterocycles. The molecule has 0 saturated carbocycles. The first-order valence-corrected chi connectivity index (χ1v) is 8.74. The highest BCUT2D eigenvalue weighted by atomic mass is 15.4. The second-order valence-electron chi connectivity index (χ2n) is 6.51. The molecule has 2 aromatic heterocycles. The van der Waals surface area contributed by atoms with E-state index in [4.69, 9.17) is 11.1 Å². The van der Waals surface area contributed by atoms with Gasteiger partial charge in [0.25, 0.3) is 0 Å². The van der Waals surface area contributed by atoms with Crippen LogP contribution in [0.2, 0.25) is 0 Å². The minimum atomic E-state index is 0.364. The Morgan fingerprint density at radius 3 is 2.85 bits per heavy atom. The van der Waals surface area contributed by atoms with Crippen LogP contribution < -0.4 is 11.1 Å². The molecule has 0 bridgehead atoms. The van der Waals surface area contributed by atoms with Crippen LogP contribution in [-0.4, -0.2) is 38.8 Å². The molecule has 1 aromatic carbocycles. The Balaban J connectivity index is 1.64. The van der Waals surface area contributed by atoms with Crippen molar-refractivity contribution in [2.45, 2.75) is 18.8 Å². The summed E-state index contributed by atoms with van der Waals surface area (Å²) in [6.07, 6.45) is 7.61. The number of nitrogens with one attached hydrogen (secondary N) is 2. The van der Waals surface area contributed by atoms with Gasteiger partial charge in [-0.05, 0) is 49.7 Å². The van der Waals surface area contributed by atoms with E-state index < -0.39 is 0 Å². The van der Waals surface area contributed by atoms with Crippen LogP contribution in [0.1, 0.15) is 35.6 Å². The average Bonchev–Trinajstić information content (AvgIpc) is 3.19. The normalized spacial score (nSPS) is 17.2.